The van der Waals surface area contributed by atoms with Crippen LogP contribution in [0.25, 0.3) is 42.8 Å². The van der Waals surface area contributed by atoms with Crippen LogP contribution in [0.5, 0.6) is 0 Å². The molecule has 0 aliphatic carbocycles. The summed E-state index contributed by atoms with van der Waals surface area (Å²) in [6, 6.07) is 19.6. The van der Waals surface area contributed by atoms with Crippen LogP contribution in [0.15, 0.2) is 76.3 Å². The van der Waals surface area contributed by atoms with E-state index < -0.39 is 5.63 Å². The molecule has 0 N–H and O–H groups in total. The molecule has 0 radical (unpaired) electrons. The fraction of sp³-hybridized carbons (Fsp3) is 0. The van der Waals surface area contributed by atoms with Crippen LogP contribution in [0.4, 0.5) is 0 Å². The van der Waals surface area contributed by atoms with E-state index in [0.29, 0.717) is 15.2 Å². The number of hydrogen-bond donors (Lipinski definition) is 0. The molecule has 27 heavy (non-hydrogen) atoms. The second kappa shape index (κ2) is 6.30. The standard InChI is InChI=1S/C21H11ClN2O2S/c22-14-8-6-12(7-9-14)15-10-16(13-4-2-1-3-5-13)24-20-17(15)18-19(27-20)21(25)26-11-23-18/h1-11H. The van der Waals surface area contributed by atoms with Crippen molar-refractivity contribution in [3.8, 4) is 22.4 Å². The second-order valence-electron chi connectivity index (χ2n) is 6.03. The molecule has 0 amide bonds. The van der Waals surface area contributed by atoms with Crippen molar-refractivity contribution in [1.82, 2.24) is 9.97 Å². The van der Waals surface area contributed by atoms with Crippen LogP contribution >= 0.6 is 22.9 Å². The first-order valence-corrected chi connectivity index (χ1v) is 9.42. The summed E-state index contributed by atoms with van der Waals surface area (Å²) in [6.45, 7) is 0. The van der Waals surface area contributed by atoms with Gasteiger partial charge in [-0.1, -0.05) is 54.1 Å². The molecular formula is C21H11ClN2O2S. The van der Waals surface area contributed by atoms with Gasteiger partial charge >= 0.3 is 5.63 Å². The average Bonchev–Trinajstić information content (AvgIpc) is 3.09. The Bertz CT molecular complexity index is 1340. The van der Waals surface area contributed by atoms with E-state index >= 15 is 0 Å². The first-order chi connectivity index (χ1) is 13.2. The van der Waals surface area contributed by atoms with Crippen LogP contribution in [0.3, 0.4) is 0 Å². The first-order valence-electron chi connectivity index (χ1n) is 8.23. The third-order valence-corrected chi connectivity index (χ3v) is 5.69. The van der Waals surface area contributed by atoms with Crippen molar-refractivity contribution >= 4 is 43.4 Å². The van der Waals surface area contributed by atoms with E-state index in [-0.39, 0.29) is 0 Å². The normalized spacial score (nSPS) is 11.3. The van der Waals surface area contributed by atoms with Crippen molar-refractivity contribution in [1.29, 1.82) is 0 Å². The lowest BCUT2D eigenvalue weighted by Gasteiger charge is -2.08. The smallest absolute Gasteiger partial charge is 0.356 e. The van der Waals surface area contributed by atoms with Gasteiger partial charge in [-0.3, -0.25) is 0 Å². The zero-order chi connectivity index (χ0) is 18.4. The molecule has 5 aromatic rings. The number of pyridine rings is 1. The summed E-state index contributed by atoms with van der Waals surface area (Å²) in [5.41, 5.74) is 4.00. The monoisotopic (exact) mass is 390 g/mol. The Kier molecular flexibility index (Phi) is 3.77. The third kappa shape index (κ3) is 2.72. The molecule has 0 unspecified atom stereocenters. The lowest BCUT2D eigenvalue weighted by Crippen LogP contribution is -1.96. The average molecular weight is 391 g/mol. The van der Waals surface area contributed by atoms with Crippen LogP contribution in [-0.2, 0) is 0 Å². The molecule has 0 bridgehead atoms. The van der Waals surface area contributed by atoms with Gasteiger partial charge in [0.05, 0.1) is 5.69 Å². The summed E-state index contributed by atoms with van der Waals surface area (Å²) in [6.07, 6.45) is 1.19. The minimum Gasteiger partial charge on any atom is -0.410 e. The number of halogens is 1. The maximum absolute atomic E-state index is 12.2. The quantitative estimate of drug-likeness (QED) is 0.383. The predicted molar refractivity (Wildman–Crippen MR) is 109 cm³/mol. The fourth-order valence-corrected chi connectivity index (χ4v) is 4.29. The van der Waals surface area contributed by atoms with Gasteiger partial charge in [0.25, 0.3) is 0 Å². The van der Waals surface area contributed by atoms with Gasteiger partial charge in [-0.05, 0) is 29.3 Å². The van der Waals surface area contributed by atoms with Gasteiger partial charge < -0.3 is 4.42 Å². The van der Waals surface area contributed by atoms with Gasteiger partial charge in [0, 0.05) is 16.0 Å². The highest BCUT2D eigenvalue weighted by atomic mass is 35.5. The molecule has 0 spiro atoms. The molecule has 2 aromatic carbocycles. The minimum absolute atomic E-state index is 0.397. The summed E-state index contributed by atoms with van der Waals surface area (Å²) in [5.74, 6) is 0. The van der Waals surface area contributed by atoms with Gasteiger partial charge in [0.15, 0.2) is 6.39 Å². The fourth-order valence-electron chi connectivity index (χ4n) is 3.14. The summed E-state index contributed by atoms with van der Waals surface area (Å²) < 4.78 is 5.42. The van der Waals surface area contributed by atoms with E-state index in [1.165, 1.54) is 17.7 Å². The molecule has 4 nitrogen and oxygen atoms in total. The Morgan fingerprint density at radius 3 is 2.52 bits per heavy atom. The molecule has 6 heteroatoms. The maximum Gasteiger partial charge on any atom is 0.356 e. The largest absolute Gasteiger partial charge is 0.410 e. The van der Waals surface area contributed by atoms with Gasteiger partial charge in [0.2, 0.25) is 0 Å². The van der Waals surface area contributed by atoms with Crippen molar-refractivity contribution in [2.75, 3.05) is 0 Å². The molecule has 3 heterocycles. The molecule has 0 saturated carbocycles. The molecule has 0 fully saturated rings. The molecule has 0 aliphatic heterocycles. The number of benzene rings is 2. The Morgan fingerprint density at radius 1 is 0.963 bits per heavy atom. The summed E-state index contributed by atoms with van der Waals surface area (Å²) in [5, 5.41) is 1.52. The maximum atomic E-state index is 12.2. The van der Waals surface area contributed by atoms with Crippen LogP contribution < -0.4 is 5.63 Å². The lowest BCUT2D eigenvalue weighted by molar-refractivity contribution is 0.502. The number of thiophene rings is 1. The molecule has 5 rings (SSSR count). The number of aromatic nitrogens is 2. The van der Waals surface area contributed by atoms with Crippen molar-refractivity contribution < 1.29 is 4.42 Å². The number of rotatable bonds is 2. The summed E-state index contributed by atoms with van der Waals surface area (Å²) >= 11 is 7.37. The summed E-state index contributed by atoms with van der Waals surface area (Å²) in [7, 11) is 0. The van der Waals surface area contributed by atoms with Crippen LogP contribution in [0.2, 0.25) is 5.02 Å². The van der Waals surface area contributed by atoms with Gasteiger partial charge in [-0.15, -0.1) is 11.3 Å². The van der Waals surface area contributed by atoms with E-state index in [1.807, 2.05) is 60.7 Å². The highest BCUT2D eigenvalue weighted by Gasteiger charge is 2.18. The number of nitrogens with zero attached hydrogens (tertiary/aromatic N) is 2. The Hall–Kier alpha value is -3.02. The van der Waals surface area contributed by atoms with Crippen molar-refractivity contribution in [3.63, 3.8) is 0 Å². The number of hydrogen-bond acceptors (Lipinski definition) is 5. The first kappa shape index (κ1) is 16.2. The van der Waals surface area contributed by atoms with E-state index in [0.717, 1.165) is 32.6 Å². The van der Waals surface area contributed by atoms with Gasteiger partial charge in [-0.25, -0.2) is 14.8 Å². The van der Waals surface area contributed by atoms with Crippen molar-refractivity contribution in [3.05, 3.63) is 82.5 Å². The van der Waals surface area contributed by atoms with Crippen LogP contribution in [-0.4, -0.2) is 9.97 Å². The van der Waals surface area contributed by atoms with Crippen LogP contribution in [0.1, 0.15) is 0 Å². The highest BCUT2D eigenvalue weighted by Crippen LogP contribution is 2.39. The highest BCUT2D eigenvalue weighted by molar-refractivity contribution is 7.25. The van der Waals surface area contributed by atoms with E-state index in [2.05, 4.69) is 4.98 Å². The van der Waals surface area contributed by atoms with Gasteiger partial charge in [-0.2, -0.15) is 0 Å². The Balaban J connectivity index is 1.91. The molecule has 0 saturated heterocycles. The van der Waals surface area contributed by atoms with E-state index in [4.69, 9.17) is 21.0 Å². The summed E-state index contributed by atoms with van der Waals surface area (Å²) in [4.78, 5) is 22.0. The zero-order valence-corrected chi connectivity index (χ0v) is 15.4. The van der Waals surface area contributed by atoms with E-state index in [1.54, 1.807) is 0 Å². The molecule has 0 atom stereocenters. The molecule has 0 aliphatic rings. The molecule has 3 aromatic heterocycles. The Morgan fingerprint density at radius 2 is 1.74 bits per heavy atom. The zero-order valence-electron chi connectivity index (χ0n) is 13.8. The van der Waals surface area contributed by atoms with E-state index in [9.17, 15) is 4.79 Å². The number of fused-ring (bicyclic) bond motifs is 3. The van der Waals surface area contributed by atoms with Gasteiger partial charge in [0.1, 0.15) is 15.0 Å². The molecular weight excluding hydrogens is 380 g/mol. The topological polar surface area (TPSA) is 56.0 Å². The second-order valence-corrected chi connectivity index (χ2v) is 7.46. The third-order valence-electron chi connectivity index (χ3n) is 4.39. The van der Waals surface area contributed by atoms with Crippen LogP contribution in [0, 0.1) is 0 Å². The predicted octanol–water partition coefficient (Wildman–Crippen LogP) is 5.79. The Labute approximate surface area is 162 Å². The van der Waals surface area contributed by atoms with Crippen molar-refractivity contribution in [2.24, 2.45) is 0 Å². The van der Waals surface area contributed by atoms with Crippen molar-refractivity contribution in [2.45, 2.75) is 0 Å². The SMILES string of the molecule is O=c1ocnc2c1sc1nc(-c3ccccc3)cc(-c3ccc(Cl)cc3)c12. The molecule has 130 valence electrons. The lowest BCUT2D eigenvalue weighted by atomic mass is 10.00. The minimum atomic E-state index is -0.397.